The van der Waals surface area contributed by atoms with E-state index in [0.29, 0.717) is 24.5 Å². The zero-order chi connectivity index (χ0) is 28.3. The molecule has 5 aromatic rings. The van der Waals surface area contributed by atoms with Gasteiger partial charge in [0.15, 0.2) is 5.82 Å². The van der Waals surface area contributed by atoms with Gasteiger partial charge in [-0.25, -0.2) is 9.07 Å². The Morgan fingerprint density at radius 1 is 1.00 bits per heavy atom. The summed E-state index contributed by atoms with van der Waals surface area (Å²) in [4.78, 5) is 19.2. The van der Waals surface area contributed by atoms with Crippen molar-refractivity contribution in [2.75, 3.05) is 6.54 Å². The van der Waals surface area contributed by atoms with E-state index in [0.717, 1.165) is 34.9 Å². The highest BCUT2D eigenvalue weighted by Gasteiger charge is 2.34. The Kier molecular flexibility index (Phi) is 7.89. The van der Waals surface area contributed by atoms with E-state index in [1.807, 2.05) is 54.1 Å². The number of benzene rings is 3. The van der Waals surface area contributed by atoms with Crippen LogP contribution in [0.15, 0.2) is 83.7 Å². The van der Waals surface area contributed by atoms with E-state index in [4.69, 9.17) is 0 Å². The number of para-hydroxylation sites is 1. The van der Waals surface area contributed by atoms with Gasteiger partial charge >= 0.3 is 0 Å². The number of nitrogens with zero attached hydrogens (tertiary/aromatic N) is 5. The second-order valence-corrected chi connectivity index (χ2v) is 10.9. The fraction of sp³-hybridized carbons (Fsp3) is 0.312. The minimum Gasteiger partial charge on any atom is -0.321 e. The Labute approximate surface area is 233 Å². The van der Waals surface area contributed by atoms with Crippen molar-refractivity contribution in [3.63, 3.8) is 0 Å². The third kappa shape index (κ3) is 5.72. The van der Waals surface area contributed by atoms with Gasteiger partial charge in [-0.15, -0.1) is 5.10 Å². The van der Waals surface area contributed by atoms with E-state index in [2.05, 4.69) is 58.3 Å². The number of halogens is 1. The number of aryl methyl sites for hydroxylation is 1. The molecule has 0 spiro atoms. The summed E-state index contributed by atoms with van der Waals surface area (Å²) in [7, 11) is 0. The molecule has 3 aromatic carbocycles. The number of hydrogen-bond acceptors (Lipinski definition) is 5. The maximum absolute atomic E-state index is 13.8. The van der Waals surface area contributed by atoms with E-state index in [1.54, 1.807) is 12.1 Å². The largest absolute Gasteiger partial charge is 0.321 e. The molecule has 0 aliphatic carbocycles. The van der Waals surface area contributed by atoms with E-state index in [9.17, 15) is 9.18 Å². The summed E-state index contributed by atoms with van der Waals surface area (Å²) in [6.07, 6.45) is 1.55. The van der Waals surface area contributed by atoms with Gasteiger partial charge in [0.25, 0.3) is 5.56 Å². The maximum atomic E-state index is 13.8. The molecule has 0 aliphatic rings. The first-order valence-electron chi connectivity index (χ1n) is 13.7. The Hall–Kier alpha value is -4.17. The molecule has 7 nitrogen and oxygen atoms in total. The lowest BCUT2D eigenvalue weighted by atomic mass is 9.98. The molecular formula is C32H35FN6O. The quantitative estimate of drug-likeness (QED) is 0.238. The van der Waals surface area contributed by atoms with Gasteiger partial charge in [0, 0.05) is 18.7 Å². The molecule has 1 N–H and O–H groups in total. The summed E-state index contributed by atoms with van der Waals surface area (Å²) in [5.41, 5.74) is 3.94. The Morgan fingerprint density at radius 3 is 2.48 bits per heavy atom. The second kappa shape index (κ2) is 11.5. The summed E-state index contributed by atoms with van der Waals surface area (Å²) in [5, 5.41) is 13.9. The molecule has 0 saturated carbocycles. The van der Waals surface area contributed by atoms with Crippen LogP contribution in [0.3, 0.4) is 0 Å². The predicted octanol–water partition coefficient (Wildman–Crippen LogP) is 5.94. The van der Waals surface area contributed by atoms with Gasteiger partial charge in [0.2, 0.25) is 0 Å². The minimum atomic E-state index is -0.553. The molecule has 1 atom stereocenters. The normalized spacial score (nSPS) is 12.8. The number of pyridine rings is 1. The third-order valence-corrected chi connectivity index (χ3v) is 7.78. The average Bonchev–Trinajstić information content (AvgIpc) is 3.45. The van der Waals surface area contributed by atoms with Gasteiger partial charge in [0.1, 0.15) is 11.9 Å². The number of tetrazole rings is 1. The monoisotopic (exact) mass is 538 g/mol. The lowest BCUT2D eigenvalue weighted by molar-refractivity contribution is 0.190. The van der Waals surface area contributed by atoms with Crippen LogP contribution in [0.4, 0.5) is 4.39 Å². The summed E-state index contributed by atoms with van der Waals surface area (Å²) in [6, 6.07) is 24.1. The molecule has 0 bridgehead atoms. The second-order valence-electron chi connectivity index (χ2n) is 10.9. The van der Waals surface area contributed by atoms with E-state index in [-0.39, 0.29) is 16.9 Å². The van der Waals surface area contributed by atoms with Gasteiger partial charge in [-0.3, -0.25) is 9.69 Å². The highest BCUT2D eigenvalue weighted by molar-refractivity contribution is 5.82. The van der Waals surface area contributed by atoms with Crippen molar-refractivity contribution in [1.82, 2.24) is 30.1 Å². The van der Waals surface area contributed by atoms with Crippen LogP contribution in [-0.4, -0.2) is 36.6 Å². The van der Waals surface area contributed by atoms with E-state index >= 15 is 0 Å². The van der Waals surface area contributed by atoms with Crippen molar-refractivity contribution >= 4 is 10.9 Å². The fourth-order valence-corrected chi connectivity index (χ4v) is 5.09. The van der Waals surface area contributed by atoms with Crippen LogP contribution in [0, 0.1) is 12.7 Å². The van der Waals surface area contributed by atoms with Crippen LogP contribution in [0.1, 0.15) is 61.3 Å². The summed E-state index contributed by atoms with van der Waals surface area (Å²) in [5.74, 6) is 0.311. The van der Waals surface area contributed by atoms with Crippen molar-refractivity contribution in [2.45, 2.75) is 58.7 Å². The van der Waals surface area contributed by atoms with Crippen molar-refractivity contribution in [3.05, 3.63) is 123 Å². The Balaban J connectivity index is 1.69. The van der Waals surface area contributed by atoms with Gasteiger partial charge in [-0.1, -0.05) is 67.6 Å². The van der Waals surface area contributed by atoms with Crippen LogP contribution in [0.25, 0.3) is 10.9 Å². The number of nitrogens with one attached hydrogen (secondary N) is 1. The number of aromatic amines is 1. The molecular weight excluding hydrogens is 503 g/mol. The summed E-state index contributed by atoms with van der Waals surface area (Å²) >= 11 is 0. The van der Waals surface area contributed by atoms with Gasteiger partial charge in [-0.05, 0) is 84.3 Å². The SMILES string of the molecule is CCC(C)(C)n1nnnc1C(c1cc2cccc(C)c2[nH]c1=O)N(CCc1ccccc1)Cc1ccc(F)cc1. The third-order valence-electron chi connectivity index (χ3n) is 7.78. The number of fused-ring (bicyclic) bond motifs is 1. The molecule has 0 fully saturated rings. The molecule has 0 saturated heterocycles. The van der Waals surface area contributed by atoms with Crippen LogP contribution in [-0.2, 0) is 18.5 Å². The van der Waals surface area contributed by atoms with Crippen molar-refractivity contribution in [2.24, 2.45) is 0 Å². The summed E-state index contributed by atoms with van der Waals surface area (Å²) < 4.78 is 15.7. The van der Waals surface area contributed by atoms with Crippen molar-refractivity contribution in [1.29, 1.82) is 0 Å². The number of hydrogen-bond donors (Lipinski definition) is 1. The van der Waals surface area contributed by atoms with Crippen LogP contribution < -0.4 is 5.56 Å². The first kappa shape index (κ1) is 27.4. The first-order valence-corrected chi connectivity index (χ1v) is 13.7. The van der Waals surface area contributed by atoms with Gasteiger partial charge in [0.05, 0.1) is 11.1 Å². The molecule has 1 unspecified atom stereocenters. The molecule has 8 heteroatoms. The molecule has 0 radical (unpaired) electrons. The molecule has 2 heterocycles. The molecule has 2 aromatic heterocycles. The maximum Gasteiger partial charge on any atom is 0.253 e. The zero-order valence-electron chi connectivity index (χ0n) is 23.4. The Bertz CT molecular complexity index is 1640. The van der Waals surface area contributed by atoms with Crippen LogP contribution in [0.2, 0.25) is 0 Å². The molecule has 206 valence electrons. The summed E-state index contributed by atoms with van der Waals surface area (Å²) in [6.45, 7) is 9.36. The average molecular weight is 539 g/mol. The smallest absolute Gasteiger partial charge is 0.253 e. The van der Waals surface area contributed by atoms with Crippen molar-refractivity contribution in [3.8, 4) is 0 Å². The zero-order valence-corrected chi connectivity index (χ0v) is 23.4. The molecule has 0 amide bonds. The number of rotatable bonds is 10. The van der Waals surface area contributed by atoms with E-state index < -0.39 is 6.04 Å². The molecule has 0 aliphatic heterocycles. The number of aromatic nitrogens is 5. The van der Waals surface area contributed by atoms with Crippen LogP contribution >= 0.6 is 0 Å². The standard InChI is InChI=1S/C32H35FN6O/c1-5-32(3,4)39-30(35-36-37-39)29(27-20-25-13-9-10-22(2)28(25)34-31(27)40)38(19-18-23-11-7-6-8-12-23)21-24-14-16-26(33)17-15-24/h6-17,20,29H,5,18-19,21H2,1-4H3,(H,34,40). The highest BCUT2D eigenvalue weighted by atomic mass is 19.1. The predicted molar refractivity (Wildman–Crippen MR) is 156 cm³/mol. The highest BCUT2D eigenvalue weighted by Crippen LogP contribution is 2.32. The van der Waals surface area contributed by atoms with Crippen LogP contribution in [0.5, 0.6) is 0 Å². The van der Waals surface area contributed by atoms with E-state index in [1.165, 1.54) is 17.7 Å². The van der Waals surface area contributed by atoms with Gasteiger partial charge < -0.3 is 4.98 Å². The Morgan fingerprint density at radius 2 is 1.75 bits per heavy atom. The number of H-pyrrole nitrogens is 1. The first-order chi connectivity index (χ1) is 19.3. The topological polar surface area (TPSA) is 79.7 Å². The molecule has 5 rings (SSSR count). The lowest BCUT2D eigenvalue weighted by Crippen LogP contribution is -2.39. The lowest BCUT2D eigenvalue weighted by Gasteiger charge is -2.33. The molecule has 40 heavy (non-hydrogen) atoms. The van der Waals surface area contributed by atoms with Gasteiger partial charge in [-0.2, -0.15) is 0 Å². The fourth-order valence-electron chi connectivity index (χ4n) is 5.09. The van der Waals surface area contributed by atoms with Crippen molar-refractivity contribution < 1.29 is 4.39 Å². The minimum absolute atomic E-state index is 0.181.